The molecular formula is C23H24ClN3O5S. The minimum atomic E-state index is -3.91. The Morgan fingerprint density at radius 3 is 2.48 bits per heavy atom. The lowest BCUT2D eigenvalue weighted by molar-refractivity contribution is -0.127. The zero-order valence-corrected chi connectivity index (χ0v) is 19.8. The molecule has 8 nitrogen and oxygen atoms in total. The molecule has 0 spiro atoms. The number of hydrogen-bond donors (Lipinski definition) is 1. The molecule has 1 saturated heterocycles. The number of carbonyl (C=O) groups is 2. The van der Waals surface area contributed by atoms with E-state index in [0.717, 1.165) is 11.1 Å². The predicted molar refractivity (Wildman–Crippen MR) is 126 cm³/mol. The molecule has 1 N–H and O–H groups in total. The van der Waals surface area contributed by atoms with Crippen LogP contribution in [0.2, 0.25) is 5.02 Å². The normalized spacial score (nSPS) is 19.2. The van der Waals surface area contributed by atoms with Crippen LogP contribution < -0.4 is 10.1 Å². The summed E-state index contributed by atoms with van der Waals surface area (Å²) in [4.78, 5) is 25.8. The number of ether oxygens (including phenoxy) is 1. The third-order valence-electron chi connectivity index (χ3n) is 5.63. The molecule has 0 unspecified atom stereocenters. The molecule has 2 heterocycles. The van der Waals surface area contributed by atoms with Gasteiger partial charge in [-0.3, -0.25) is 9.59 Å². The molecule has 33 heavy (non-hydrogen) atoms. The maximum absolute atomic E-state index is 13.2. The number of nitrogens with zero attached hydrogens (tertiary/aromatic N) is 2. The van der Waals surface area contributed by atoms with E-state index >= 15 is 0 Å². The van der Waals surface area contributed by atoms with Crippen LogP contribution in [0.1, 0.15) is 18.1 Å². The summed E-state index contributed by atoms with van der Waals surface area (Å²) in [5, 5.41) is 2.64. The van der Waals surface area contributed by atoms with Gasteiger partial charge in [0.15, 0.2) is 6.10 Å². The van der Waals surface area contributed by atoms with Gasteiger partial charge in [0.25, 0.3) is 5.91 Å². The Balaban J connectivity index is 1.44. The minimum Gasteiger partial charge on any atom is -0.479 e. The van der Waals surface area contributed by atoms with E-state index in [9.17, 15) is 18.0 Å². The van der Waals surface area contributed by atoms with Gasteiger partial charge in [-0.1, -0.05) is 41.4 Å². The summed E-state index contributed by atoms with van der Waals surface area (Å²) in [5.74, 6) is -0.246. The lowest BCUT2D eigenvalue weighted by atomic mass is 10.1. The van der Waals surface area contributed by atoms with Gasteiger partial charge in [-0.15, -0.1) is 0 Å². The van der Waals surface area contributed by atoms with E-state index < -0.39 is 16.1 Å². The van der Waals surface area contributed by atoms with Crippen molar-refractivity contribution in [3.63, 3.8) is 0 Å². The average molecular weight is 490 g/mol. The Kier molecular flexibility index (Phi) is 6.47. The second-order valence-corrected chi connectivity index (χ2v) is 10.3. The predicted octanol–water partition coefficient (Wildman–Crippen LogP) is 2.91. The fourth-order valence-corrected chi connectivity index (χ4v) is 5.58. The van der Waals surface area contributed by atoms with Crippen LogP contribution in [-0.2, 0) is 19.6 Å². The van der Waals surface area contributed by atoms with Crippen molar-refractivity contribution in [2.45, 2.75) is 24.8 Å². The molecule has 10 heteroatoms. The maximum atomic E-state index is 13.2. The van der Waals surface area contributed by atoms with Crippen LogP contribution in [0.25, 0.3) is 6.08 Å². The molecule has 1 atom stereocenters. The largest absolute Gasteiger partial charge is 0.479 e. The molecule has 1 fully saturated rings. The highest BCUT2D eigenvalue weighted by Crippen LogP contribution is 2.38. The lowest BCUT2D eigenvalue weighted by Crippen LogP contribution is -2.50. The van der Waals surface area contributed by atoms with Crippen molar-refractivity contribution < 1.29 is 22.7 Å². The third-order valence-corrected chi connectivity index (χ3v) is 7.99. The highest BCUT2D eigenvalue weighted by molar-refractivity contribution is 7.89. The first kappa shape index (κ1) is 23.3. The number of piperazine rings is 1. The van der Waals surface area contributed by atoms with E-state index in [1.165, 1.54) is 22.5 Å². The topological polar surface area (TPSA) is 96.0 Å². The number of benzene rings is 2. The molecule has 0 radical (unpaired) electrons. The van der Waals surface area contributed by atoms with Gasteiger partial charge in [-0.25, -0.2) is 8.42 Å². The number of nitrogens with one attached hydrogen (secondary N) is 1. The number of anilines is 1. The number of rotatable bonds is 4. The zero-order chi connectivity index (χ0) is 23.8. The summed E-state index contributed by atoms with van der Waals surface area (Å²) in [6.07, 6.45) is 2.51. The van der Waals surface area contributed by atoms with Gasteiger partial charge in [-0.05, 0) is 31.6 Å². The molecule has 4 rings (SSSR count). The molecule has 174 valence electrons. The van der Waals surface area contributed by atoms with E-state index in [1.807, 2.05) is 31.2 Å². The number of carbonyl (C=O) groups excluding carboxylic acids is 2. The number of amides is 2. The van der Waals surface area contributed by atoms with Gasteiger partial charge in [-0.2, -0.15) is 4.31 Å². The van der Waals surface area contributed by atoms with Crippen molar-refractivity contribution in [3.8, 4) is 5.75 Å². The van der Waals surface area contributed by atoms with Gasteiger partial charge in [0.1, 0.15) is 10.6 Å². The highest BCUT2D eigenvalue weighted by atomic mass is 35.5. The molecular weight excluding hydrogens is 466 g/mol. The first-order valence-electron chi connectivity index (χ1n) is 10.5. The Hall–Kier alpha value is -2.88. The quantitative estimate of drug-likeness (QED) is 0.666. The molecule has 2 amide bonds. The van der Waals surface area contributed by atoms with Gasteiger partial charge in [0, 0.05) is 38.3 Å². The zero-order valence-electron chi connectivity index (χ0n) is 18.2. The second kappa shape index (κ2) is 9.17. The van der Waals surface area contributed by atoms with Crippen molar-refractivity contribution in [1.82, 2.24) is 9.21 Å². The van der Waals surface area contributed by atoms with E-state index in [-0.39, 0.29) is 53.7 Å². The number of fused-ring (bicyclic) bond motifs is 1. The maximum Gasteiger partial charge on any atom is 0.265 e. The summed E-state index contributed by atoms with van der Waals surface area (Å²) in [6.45, 7) is 4.39. The molecule has 0 bridgehead atoms. The van der Waals surface area contributed by atoms with Gasteiger partial charge in [0.05, 0.1) is 10.7 Å². The van der Waals surface area contributed by atoms with Crippen LogP contribution in [0.4, 0.5) is 5.69 Å². The first-order valence-corrected chi connectivity index (χ1v) is 12.3. The first-order chi connectivity index (χ1) is 15.6. The van der Waals surface area contributed by atoms with Crippen LogP contribution in [0, 0.1) is 6.92 Å². The summed E-state index contributed by atoms with van der Waals surface area (Å²) in [7, 11) is -3.91. The molecule has 0 saturated carbocycles. The Bertz CT molecular complexity index is 1220. The molecule has 2 aliphatic heterocycles. The SMILES string of the molecule is Cc1ccc(/C=C/C(=O)N2CCN(S(=O)(=O)c3cc4c(cc3Cl)NC(=O)[C@H](C)O4)CC2)cc1. The van der Waals surface area contributed by atoms with Crippen LogP contribution >= 0.6 is 11.6 Å². The molecule has 2 aromatic rings. The molecule has 0 aliphatic carbocycles. The number of aryl methyl sites for hydroxylation is 1. The van der Waals surface area contributed by atoms with E-state index in [0.29, 0.717) is 5.69 Å². The fourth-order valence-electron chi connectivity index (χ4n) is 3.64. The van der Waals surface area contributed by atoms with Crippen LogP contribution in [-0.4, -0.2) is 61.7 Å². The standard InChI is InChI=1S/C23H24ClN3O5S/c1-15-3-5-17(6-4-15)7-8-22(28)26-9-11-27(12-10-26)33(30,31)21-14-20-19(13-18(21)24)25-23(29)16(2)32-20/h3-8,13-14,16H,9-12H2,1-2H3,(H,25,29)/b8-7+/t16-/m0/s1. The average Bonchev–Trinajstić information content (AvgIpc) is 2.79. The Morgan fingerprint density at radius 1 is 1.15 bits per heavy atom. The monoisotopic (exact) mass is 489 g/mol. The second-order valence-electron chi connectivity index (χ2n) is 8.00. The minimum absolute atomic E-state index is 0.00765. The summed E-state index contributed by atoms with van der Waals surface area (Å²) < 4.78 is 33.3. The summed E-state index contributed by atoms with van der Waals surface area (Å²) in [5.41, 5.74) is 2.39. The smallest absolute Gasteiger partial charge is 0.265 e. The number of hydrogen-bond acceptors (Lipinski definition) is 5. The molecule has 0 aromatic heterocycles. The van der Waals surface area contributed by atoms with Crippen LogP contribution in [0.5, 0.6) is 5.75 Å². The number of halogens is 1. The fraction of sp³-hybridized carbons (Fsp3) is 0.304. The summed E-state index contributed by atoms with van der Waals surface area (Å²) >= 11 is 6.25. The van der Waals surface area contributed by atoms with Gasteiger partial charge < -0.3 is 15.0 Å². The van der Waals surface area contributed by atoms with Crippen molar-refractivity contribution in [2.75, 3.05) is 31.5 Å². The van der Waals surface area contributed by atoms with Crippen molar-refractivity contribution in [2.24, 2.45) is 0 Å². The van der Waals surface area contributed by atoms with E-state index in [4.69, 9.17) is 16.3 Å². The Labute approximate surface area is 197 Å². The van der Waals surface area contributed by atoms with E-state index in [1.54, 1.807) is 17.9 Å². The lowest BCUT2D eigenvalue weighted by Gasteiger charge is -2.34. The summed E-state index contributed by atoms with van der Waals surface area (Å²) in [6, 6.07) is 10.5. The van der Waals surface area contributed by atoms with Gasteiger partial charge in [0.2, 0.25) is 15.9 Å². The molecule has 2 aliphatic rings. The van der Waals surface area contributed by atoms with Crippen LogP contribution in [0.15, 0.2) is 47.4 Å². The van der Waals surface area contributed by atoms with Crippen molar-refractivity contribution in [1.29, 1.82) is 0 Å². The highest BCUT2D eigenvalue weighted by Gasteiger charge is 2.33. The van der Waals surface area contributed by atoms with Gasteiger partial charge >= 0.3 is 0 Å². The van der Waals surface area contributed by atoms with E-state index in [2.05, 4.69) is 5.32 Å². The van der Waals surface area contributed by atoms with Crippen molar-refractivity contribution in [3.05, 3.63) is 58.6 Å². The molecule has 2 aromatic carbocycles. The Morgan fingerprint density at radius 2 is 1.82 bits per heavy atom. The number of sulfonamides is 1. The van der Waals surface area contributed by atoms with Crippen molar-refractivity contribution >= 4 is 45.2 Å². The third kappa shape index (κ3) is 4.90. The van der Waals surface area contributed by atoms with Crippen LogP contribution in [0.3, 0.4) is 0 Å².